The standard InChI is InChI=1S/C14H14N2O4/c1-16(10-2-4-11(17)5-3-10)14(20)15-9-6-12(18)8-13(19)7-9/h2-8,17-19H,1H3,(H,15,20). The minimum Gasteiger partial charge on any atom is -0.508 e. The van der Waals surface area contributed by atoms with Crippen LogP contribution in [0.4, 0.5) is 16.2 Å². The number of benzene rings is 2. The van der Waals surface area contributed by atoms with Gasteiger partial charge in [-0.2, -0.15) is 0 Å². The molecule has 4 N–H and O–H groups in total. The Kier molecular flexibility index (Phi) is 3.65. The maximum Gasteiger partial charge on any atom is 0.326 e. The van der Waals surface area contributed by atoms with Gasteiger partial charge in [0.15, 0.2) is 0 Å². The highest BCUT2D eigenvalue weighted by Crippen LogP contribution is 2.24. The lowest BCUT2D eigenvalue weighted by Crippen LogP contribution is -2.31. The molecule has 0 fully saturated rings. The molecule has 0 atom stereocenters. The molecular weight excluding hydrogens is 260 g/mol. The van der Waals surface area contributed by atoms with Gasteiger partial charge in [0.25, 0.3) is 0 Å². The van der Waals surface area contributed by atoms with E-state index < -0.39 is 6.03 Å². The van der Waals surface area contributed by atoms with E-state index in [-0.39, 0.29) is 22.9 Å². The van der Waals surface area contributed by atoms with Gasteiger partial charge in [0.2, 0.25) is 0 Å². The molecule has 0 aliphatic heterocycles. The Balaban J connectivity index is 2.13. The first-order valence-electron chi connectivity index (χ1n) is 5.82. The summed E-state index contributed by atoms with van der Waals surface area (Å²) in [5, 5.41) is 30.4. The van der Waals surface area contributed by atoms with E-state index in [9.17, 15) is 20.1 Å². The zero-order chi connectivity index (χ0) is 14.7. The van der Waals surface area contributed by atoms with Crippen LogP contribution in [-0.2, 0) is 0 Å². The van der Waals surface area contributed by atoms with Crippen LogP contribution in [0.25, 0.3) is 0 Å². The number of carbonyl (C=O) groups excluding carboxylic acids is 1. The zero-order valence-electron chi connectivity index (χ0n) is 10.7. The van der Waals surface area contributed by atoms with Crippen LogP contribution in [0.3, 0.4) is 0 Å². The topological polar surface area (TPSA) is 93.0 Å². The Morgan fingerprint density at radius 1 is 0.950 bits per heavy atom. The van der Waals surface area contributed by atoms with E-state index in [0.29, 0.717) is 5.69 Å². The highest BCUT2D eigenvalue weighted by Gasteiger charge is 2.11. The minimum absolute atomic E-state index is 0.112. The fourth-order valence-corrected chi connectivity index (χ4v) is 1.67. The summed E-state index contributed by atoms with van der Waals surface area (Å²) in [6, 6.07) is 9.49. The van der Waals surface area contributed by atoms with Crippen LogP contribution in [0.1, 0.15) is 0 Å². The molecule has 0 saturated heterocycles. The molecule has 2 aromatic rings. The number of aromatic hydroxyl groups is 3. The zero-order valence-corrected chi connectivity index (χ0v) is 10.7. The Bertz CT molecular complexity index is 605. The molecule has 0 heterocycles. The van der Waals surface area contributed by atoms with Gasteiger partial charge >= 0.3 is 6.03 Å². The van der Waals surface area contributed by atoms with Crippen molar-refractivity contribution in [2.45, 2.75) is 0 Å². The van der Waals surface area contributed by atoms with E-state index in [1.54, 1.807) is 19.2 Å². The van der Waals surface area contributed by atoms with Gasteiger partial charge in [-0.1, -0.05) is 0 Å². The average molecular weight is 274 g/mol. The van der Waals surface area contributed by atoms with Crippen LogP contribution in [0.15, 0.2) is 42.5 Å². The number of anilines is 2. The molecule has 0 aromatic heterocycles. The van der Waals surface area contributed by atoms with Gasteiger partial charge in [0.05, 0.1) is 0 Å². The highest BCUT2D eigenvalue weighted by atomic mass is 16.3. The number of urea groups is 1. The molecule has 2 aromatic carbocycles. The largest absolute Gasteiger partial charge is 0.508 e. The third-order valence-corrected chi connectivity index (χ3v) is 2.70. The molecule has 0 bridgehead atoms. The van der Waals surface area contributed by atoms with Gasteiger partial charge in [-0.3, -0.25) is 4.90 Å². The molecule has 20 heavy (non-hydrogen) atoms. The molecular formula is C14H14N2O4. The monoisotopic (exact) mass is 274 g/mol. The third-order valence-electron chi connectivity index (χ3n) is 2.70. The van der Waals surface area contributed by atoms with Crippen molar-refractivity contribution in [3.8, 4) is 17.2 Å². The van der Waals surface area contributed by atoms with Crippen LogP contribution in [-0.4, -0.2) is 28.4 Å². The fraction of sp³-hybridized carbons (Fsp3) is 0.0714. The molecule has 0 aliphatic carbocycles. The summed E-state index contributed by atoms with van der Waals surface area (Å²) >= 11 is 0. The Morgan fingerprint density at radius 3 is 2.05 bits per heavy atom. The van der Waals surface area contributed by atoms with Crippen molar-refractivity contribution in [2.75, 3.05) is 17.3 Å². The molecule has 104 valence electrons. The van der Waals surface area contributed by atoms with Gasteiger partial charge in [-0.15, -0.1) is 0 Å². The summed E-state index contributed by atoms with van der Waals surface area (Å²) in [6.07, 6.45) is 0. The second-order valence-electron chi connectivity index (χ2n) is 4.24. The highest BCUT2D eigenvalue weighted by molar-refractivity contribution is 6.01. The summed E-state index contributed by atoms with van der Waals surface area (Å²) in [7, 11) is 1.56. The fourth-order valence-electron chi connectivity index (χ4n) is 1.67. The SMILES string of the molecule is CN(C(=O)Nc1cc(O)cc(O)c1)c1ccc(O)cc1. The van der Waals surface area contributed by atoms with E-state index in [2.05, 4.69) is 5.32 Å². The van der Waals surface area contributed by atoms with Crippen molar-refractivity contribution < 1.29 is 20.1 Å². The van der Waals surface area contributed by atoms with Crippen molar-refractivity contribution in [1.29, 1.82) is 0 Å². The quantitative estimate of drug-likeness (QED) is 0.676. The normalized spacial score (nSPS) is 10.1. The minimum atomic E-state index is -0.444. The molecule has 6 nitrogen and oxygen atoms in total. The molecule has 0 spiro atoms. The van der Waals surface area contributed by atoms with Gasteiger partial charge in [0.1, 0.15) is 17.2 Å². The number of carbonyl (C=O) groups is 1. The van der Waals surface area contributed by atoms with E-state index >= 15 is 0 Å². The number of nitrogens with one attached hydrogen (secondary N) is 1. The Hall–Kier alpha value is -2.89. The van der Waals surface area contributed by atoms with Crippen molar-refractivity contribution in [2.24, 2.45) is 0 Å². The van der Waals surface area contributed by atoms with Gasteiger partial charge in [0, 0.05) is 36.6 Å². The number of amides is 2. The first-order chi connectivity index (χ1) is 9.45. The van der Waals surface area contributed by atoms with Crippen LogP contribution in [0.5, 0.6) is 17.2 Å². The van der Waals surface area contributed by atoms with Crippen LogP contribution >= 0.6 is 0 Å². The number of nitrogens with zero attached hydrogens (tertiary/aromatic N) is 1. The Labute approximate surface area is 115 Å². The Morgan fingerprint density at radius 2 is 1.50 bits per heavy atom. The lowest BCUT2D eigenvalue weighted by atomic mass is 10.2. The van der Waals surface area contributed by atoms with Crippen LogP contribution < -0.4 is 10.2 Å². The smallest absolute Gasteiger partial charge is 0.326 e. The summed E-state index contributed by atoms with van der Waals surface area (Å²) in [6.45, 7) is 0. The molecule has 0 radical (unpaired) electrons. The molecule has 6 heteroatoms. The summed E-state index contributed by atoms with van der Waals surface area (Å²) in [4.78, 5) is 13.3. The molecule has 0 unspecified atom stereocenters. The maximum absolute atomic E-state index is 12.0. The predicted octanol–water partition coefficient (Wildman–Crippen LogP) is 2.47. The van der Waals surface area contributed by atoms with Crippen molar-refractivity contribution >= 4 is 17.4 Å². The average Bonchev–Trinajstić information content (AvgIpc) is 2.37. The number of hydrogen-bond donors (Lipinski definition) is 4. The second kappa shape index (κ2) is 5.40. The number of hydrogen-bond acceptors (Lipinski definition) is 4. The van der Waals surface area contributed by atoms with Gasteiger partial charge < -0.3 is 20.6 Å². The van der Waals surface area contributed by atoms with Crippen LogP contribution in [0, 0.1) is 0 Å². The number of phenolic OH excluding ortho intramolecular Hbond substituents is 3. The van der Waals surface area contributed by atoms with Crippen molar-refractivity contribution in [3.63, 3.8) is 0 Å². The second-order valence-corrected chi connectivity index (χ2v) is 4.24. The van der Waals surface area contributed by atoms with Crippen LogP contribution in [0.2, 0.25) is 0 Å². The molecule has 0 aliphatic rings. The third kappa shape index (κ3) is 3.11. The number of phenols is 3. The number of rotatable bonds is 2. The van der Waals surface area contributed by atoms with E-state index in [1.807, 2.05) is 0 Å². The van der Waals surface area contributed by atoms with Crippen molar-refractivity contribution in [3.05, 3.63) is 42.5 Å². The lowest BCUT2D eigenvalue weighted by Gasteiger charge is -2.18. The summed E-state index contributed by atoms with van der Waals surface area (Å²) in [5.74, 6) is -0.180. The predicted molar refractivity (Wildman–Crippen MR) is 75.3 cm³/mol. The van der Waals surface area contributed by atoms with Crippen molar-refractivity contribution in [1.82, 2.24) is 0 Å². The van der Waals surface area contributed by atoms with E-state index in [4.69, 9.17) is 0 Å². The lowest BCUT2D eigenvalue weighted by molar-refractivity contribution is 0.258. The summed E-state index contributed by atoms with van der Waals surface area (Å²) in [5.41, 5.74) is 0.864. The van der Waals surface area contributed by atoms with Gasteiger partial charge in [-0.25, -0.2) is 4.79 Å². The molecule has 0 saturated carbocycles. The van der Waals surface area contributed by atoms with E-state index in [1.165, 1.54) is 35.2 Å². The first-order valence-corrected chi connectivity index (χ1v) is 5.82. The molecule has 2 amide bonds. The van der Waals surface area contributed by atoms with E-state index in [0.717, 1.165) is 0 Å². The van der Waals surface area contributed by atoms with Gasteiger partial charge in [-0.05, 0) is 24.3 Å². The summed E-state index contributed by atoms with van der Waals surface area (Å²) < 4.78 is 0. The molecule has 2 rings (SSSR count). The maximum atomic E-state index is 12.0. The first kappa shape index (κ1) is 13.5.